The van der Waals surface area contributed by atoms with E-state index in [0.717, 1.165) is 10.9 Å². The highest BCUT2D eigenvalue weighted by atomic mass is 16.7. The second kappa shape index (κ2) is 2.67. The van der Waals surface area contributed by atoms with Crippen molar-refractivity contribution in [3.63, 3.8) is 0 Å². The number of phenols is 1. The summed E-state index contributed by atoms with van der Waals surface area (Å²) in [5.41, 5.74) is 1.40. The van der Waals surface area contributed by atoms with E-state index < -0.39 is 0 Å². The number of hydrogen-bond donors (Lipinski definition) is 2. The molecule has 0 fully saturated rings. The minimum atomic E-state index is 0.157. The van der Waals surface area contributed by atoms with Crippen LogP contribution in [0.4, 0.5) is 0 Å². The van der Waals surface area contributed by atoms with Gasteiger partial charge in [0.2, 0.25) is 0 Å². The molecule has 3 N–H and O–H groups in total. The van der Waals surface area contributed by atoms with Gasteiger partial charge in [0.1, 0.15) is 11.3 Å². The van der Waals surface area contributed by atoms with E-state index >= 15 is 0 Å². The Kier molecular flexibility index (Phi) is 1.63. The molecular weight excluding hydrogens is 170 g/mol. The van der Waals surface area contributed by atoms with Crippen LogP contribution in [-0.4, -0.2) is 5.11 Å². The molecule has 0 amide bonds. The van der Waals surface area contributed by atoms with Gasteiger partial charge in [0.15, 0.2) is 0 Å². The third-order valence-corrected chi connectivity index (χ3v) is 1.99. The van der Waals surface area contributed by atoms with Crippen molar-refractivity contribution in [2.75, 3.05) is 0 Å². The van der Waals surface area contributed by atoms with Gasteiger partial charge < -0.3 is 14.4 Å². The van der Waals surface area contributed by atoms with Gasteiger partial charge in [-0.1, -0.05) is 0 Å². The van der Waals surface area contributed by atoms with E-state index in [-0.39, 0.29) is 11.7 Å². The molecule has 1 aromatic heterocycles. The van der Waals surface area contributed by atoms with Crippen molar-refractivity contribution in [1.29, 1.82) is 0 Å². The first-order valence-corrected chi connectivity index (χ1v) is 3.81. The number of phenolic OH excluding ortho intramolecular Hbond substituents is 1. The largest absolute Gasteiger partial charge is 0.508 e. The summed E-state index contributed by atoms with van der Waals surface area (Å²) < 4.78 is 5.22. The van der Waals surface area contributed by atoms with Crippen molar-refractivity contribution in [3.8, 4) is 11.7 Å². The predicted molar refractivity (Wildman–Crippen MR) is 47.4 cm³/mol. The quantitative estimate of drug-likeness (QED) is 0.654. The van der Waals surface area contributed by atoms with Crippen LogP contribution in [0.15, 0.2) is 22.6 Å². The van der Waals surface area contributed by atoms with Crippen LogP contribution in [-0.2, 0) is 0 Å². The summed E-state index contributed by atoms with van der Waals surface area (Å²) >= 11 is 0. The highest BCUT2D eigenvalue weighted by Gasteiger charge is 2.10. The normalized spacial score (nSPS) is 10.6. The summed E-state index contributed by atoms with van der Waals surface area (Å²) in [5.74, 6) is 5.43. The van der Waals surface area contributed by atoms with Crippen molar-refractivity contribution >= 4 is 11.0 Å². The van der Waals surface area contributed by atoms with Crippen molar-refractivity contribution in [1.82, 2.24) is 0 Å². The molecule has 0 aliphatic rings. The molecule has 13 heavy (non-hydrogen) atoms. The molecule has 0 unspecified atom stereocenters. The number of fused-ring (bicyclic) bond motifs is 1. The summed E-state index contributed by atoms with van der Waals surface area (Å²) in [7, 11) is 0. The van der Waals surface area contributed by atoms with Crippen LogP contribution in [0.25, 0.3) is 11.0 Å². The number of furan rings is 1. The maximum Gasteiger partial charge on any atom is 0.308 e. The van der Waals surface area contributed by atoms with Gasteiger partial charge in [0.05, 0.1) is 0 Å². The lowest BCUT2D eigenvalue weighted by molar-refractivity contribution is 0.256. The first kappa shape index (κ1) is 7.94. The number of hydrogen-bond acceptors (Lipinski definition) is 4. The molecule has 2 rings (SSSR count). The molecule has 0 aliphatic heterocycles. The Morgan fingerprint density at radius 2 is 2.23 bits per heavy atom. The molecule has 0 saturated heterocycles. The van der Waals surface area contributed by atoms with Gasteiger partial charge >= 0.3 is 5.95 Å². The third-order valence-electron chi connectivity index (χ3n) is 1.99. The summed E-state index contributed by atoms with van der Waals surface area (Å²) in [5, 5.41) is 10.1. The SMILES string of the molecule is Cc1c(ON)oc2cc(O)ccc12. The van der Waals surface area contributed by atoms with Crippen LogP contribution in [0, 0.1) is 6.92 Å². The zero-order valence-corrected chi connectivity index (χ0v) is 7.07. The first-order valence-electron chi connectivity index (χ1n) is 3.81. The van der Waals surface area contributed by atoms with Crippen LogP contribution in [0.5, 0.6) is 11.7 Å². The second-order valence-electron chi connectivity index (χ2n) is 2.81. The van der Waals surface area contributed by atoms with Crippen LogP contribution in [0.2, 0.25) is 0 Å². The molecule has 0 atom stereocenters. The van der Waals surface area contributed by atoms with Gasteiger partial charge in [-0.2, -0.15) is 5.90 Å². The number of benzene rings is 1. The Bertz CT molecular complexity index is 447. The molecule has 1 aromatic carbocycles. The summed E-state index contributed by atoms with van der Waals surface area (Å²) in [4.78, 5) is 4.52. The third kappa shape index (κ3) is 1.11. The Hall–Kier alpha value is -1.68. The number of rotatable bonds is 1. The van der Waals surface area contributed by atoms with Gasteiger partial charge in [-0.05, 0) is 19.1 Å². The van der Waals surface area contributed by atoms with Gasteiger partial charge in [-0.25, -0.2) is 0 Å². The van der Waals surface area contributed by atoms with Crippen LogP contribution >= 0.6 is 0 Å². The topological polar surface area (TPSA) is 68.6 Å². The van der Waals surface area contributed by atoms with E-state index in [1.807, 2.05) is 6.92 Å². The van der Waals surface area contributed by atoms with Gasteiger partial charge in [-0.3, -0.25) is 0 Å². The maximum absolute atomic E-state index is 9.17. The first-order chi connectivity index (χ1) is 6.22. The molecule has 4 heteroatoms. The highest BCUT2D eigenvalue weighted by Crippen LogP contribution is 2.32. The average molecular weight is 179 g/mol. The molecule has 2 aromatic rings. The van der Waals surface area contributed by atoms with Crippen LogP contribution in [0.1, 0.15) is 5.56 Å². The van der Waals surface area contributed by atoms with E-state index in [1.54, 1.807) is 12.1 Å². The van der Waals surface area contributed by atoms with Crippen molar-refractivity contribution < 1.29 is 14.4 Å². The second-order valence-corrected chi connectivity index (χ2v) is 2.81. The van der Waals surface area contributed by atoms with Crippen molar-refractivity contribution in [3.05, 3.63) is 23.8 Å². The van der Waals surface area contributed by atoms with Gasteiger partial charge in [0.25, 0.3) is 0 Å². The Morgan fingerprint density at radius 3 is 2.92 bits per heavy atom. The minimum Gasteiger partial charge on any atom is -0.508 e. The van der Waals surface area contributed by atoms with Crippen molar-refractivity contribution in [2.45, 2.75) is 6.92 Å². The van der Waals surface area contributed by atoms with E-state index in [1.165, 1.54) is 6.07 Å². The zero-order chi connectivity index (χ0) is 9.42. The summed E-state index contributed by atoms with van der Waals surface area (Å²) in [6, 6.07) is 4.86. The fourth-order valence-corrected chi connectivity index (χ4v) is 1.30. The fourth-order valence-electron chi connectivity index (χ4n) is 1.30. The smallest absolute Gasteiger partial charge is 0.308 e. The lowest BCUT2D eigenvalue weighted by Gasteiger charge is -1.90. The molecule has 0 saturated carbocycles. The van der Waals surface area contributed by atoms with E-state index in [9.17, 15) is 5.11 Å². The monoisotopic (exact) mass is 179 g/mol. The Morgan fingerprint density at radius 1 is 1.46 bits per heavy atom. The molecule has 0 radical (unpaired) electrons. The predicted octanol–water partition coefficient (Wildman–Crippen LogP) is 1.70. The van der Waals surface area contributed by atoms with Gasteiger partial charge in [0, 0.05) is 17.0 Å². The average Bonchev–Trinajstić information content (AvgIpc) is 2.42. The number of nitrogens with two attached hydrogens (primary N) is 1. The number of aryl methyl sites for hydroxylation is 1. The van der Waals surface area contributed by atoms with Gasteiger partial charge in [-0.15, -0.1) is 0 Å². The molecule has 0 spiro atoms. The van der Waals surface area contributed by atoms with E-state index in [2.05, 4.69) is 4.84 Å². The number of aromatic hydroxyl groups is 1. The molecule has 0 bridgehead atoms. The molecule has 0 aliphatic carbocycles. The standard InChI is InChI=1S/C9H9NO3/c1-5-7-3-2-6(11)4-8(7)12-9(5)13-10/h2-4,11H,10H2,1H3. The lowest BCUT2D eigenvalue weighted by Crippen LogP contribution is -2.01. The van der Waals surface area contributed by atoms with Crippen LogP contribution < -0.4 is 10.7 Å². The van der Waals surface area contributed by atoms with E-state index in [0.29, 0.717) is 5.58 Å². The van der Waals surface area contributed by atoms with Crippen LogP contribution in [0.3, 0.4) is 0 Å². The summed E-state index contributed by atoms with van der Waals surface area (Å²) in [6.45, 7) is 1.84. The molecule has 1 heterocycles. The van der Waals surface area contributed by atoms with Crippen molar-refractivity contribution in [2.24, 2.45) is 5.90 Å². The molecule has 68 valence electrons. The maximum atomic E-state index is 9.17. The lowest BCUT2D eigenvalue weighted by atomic mass is 10.2. The zero-order valence-electron chi connectivity index (χ0n) is 7.07. The fraction of sp³-hybridized carbons (Fsp3) is 0.111. The minimum absolute atomic E-state index is 0.157. The Labute approximate surface area is 74.5 Å². The molecular formula is C9H9NO3. The molecule has 4 nitrogen and oxygen atoms in total. The van der Waals surface area contributed by atoms with E-state index in [4.69, 9.17) is 10.3 Å². The Balaban J connectivity index is 2.76. The highest BCUT2D eigenvalue weighted by molar-refractivity contribution is 5.84. The summed E-state index contributed by atoms with van der Waals surface area (Å²) in [6.07, 6.45) is 0.